The molecule has 0 fully saturated rings. The van der Waals surface area contributed by atoms with Crippen molar-refractivity contribution in [2.24, 2.45) is 0 Å². The van der Waals surface area contributed by atoms with Crippen molar-refractivity contribution in [1.29, 1.82) is 0 Å². The van der Waals surface area contributed by atoms with Crippen LogP contribution in [0.25, 0.3) is 0 Å². The molecule has 0 saturated carbocycles. The number of likely N-dealkylation sites (N-methyl/N-ethyl adjacent to an activating group) is 1. The van der Waals surface area contributed by atoms with Gasteiger partial charge < -0.3 is 10.1 Å². The minimum absolute atomic E-state index is 0.251. The second-order valence-electron chi connectivity index (χ2n) is 4.54. The van der Waals surface area contributed by atoms with E-state index in [1.807, 2.05) is 18.2 Å². The highest BCUT2D eigenvalue weighted by molar-refractivity contribution is 7.11. The first-order valence-electron chi connectivity index (χ1n) is 6.63. The van der Waals surface area contributed by atoms with E-state index in [0.29, 0.717) is 6.61 Å². The summed E-state index contributed by atoms with van der Waals surface area (Å²) in [6, 6.07) is 8.19. The quantitative estimate of drug-likeness (QED) is 0.850. The Hall–Kier alpha value is -1.46. The average Bonchev–Trinajstić information content (AvgIpc) is 3.05. The predicted octanol–water partition coefficient (Wildman–Crippen LogP) is 2.21. The molecule has 3 rings (SSSR count). The van der Waals surface area contributed by atoms with Gasteiger partial charge in [-0.05, 0) is 12.6 Å². The van der Waals surface area contributed by atoms with Crippen LogP contribution in [-0.2, 0) is 6.42 Å². The number of para-hydroxylation sites is 1. The molecule has 0 bridgehead atoms. The number of aromatic nitrogens is 2. The largest absolute Gasteiger partial charge is 0.492 e. The number of hydrogen-bond acceptors (Lipinski definition) is 5. The molecule has 1 aliphatic rings. The van der Waals surface area contributed by atoms with Crippen molar-refractivity contribution >= 4 is 11.3 Å². The summed E-state index contributed by atoms with van der Waals surface area (Å²) >= 11 is 1.70. The van der Waals surface area contributed by atoms with Crippen LogP contribution in [0.5, 0.6) is 5.75 Å². The van der Waals surface area contributed by atoms with Crippen LogP contribution in [0, 0.1) is 0 Å². The highest BCUT2D eigenvalue weighted by Gasteiger charge is 2.28. The van der Waals surface area contributed by atoms with Crippen LogP contribution < -0.4 is 10.1 Å². The molecule has 0 spiro atoms. The molecule has 4 nitrogen and oxygen atoms in total. The van der Waals surface area contributed by atoms with E-state index in [4.69, 9.17) is 4.74 Å². The summed E-state index contributed by atoms with van der Waals surface area (Å²) < 4.78 is 5.70. The zero-order valence-electron chi connectivity index (χ0n) is 10.9. The summed E-state index contributed by atoms with van der Waals surface area (Å²) in [4.78, 5) is 0. The van der Waals surface area contributed by atoms with Gasteiger partial charge in [-0.15, -0.1) is 21.5 Å². The van der Waals surface area contributed by atoms with Gasteiger partial charge in [0.25, 0.3) is 0 Å². The number of nitrogens with one attached hydrogen (secondary N) is 1. The van der Waals surface area contributed by atoms with Gasteiger partial charge in [0, 0.05) is 18.5 Å². The Morgan fingerprint density at radius 2 is 2.26 bits per heavy atom. The lowest BCUT2D eigenvalue weighted by Crippen LogP contribution is -2.15. The molecule has 5 heteroatoms. The van der Waals surface area contributed by atoms with E-state index in [1.54, 1.807) is 11.3 Å². The maximum atomic E-state index is 5.70. The fourth-order valence-corrected chi connectivity index (χ4v) is 3.19. The maximum Gasteiger partial charge on any atom is 0.128 e. The first-order valence-corrected chi connectivity index (χ1v) is 7.45. The standard InChI is InChI=1S/C14H17N3OS/c1-2-15-8-7-13-16-17-14(19-13)11-9-18-12-6-4-3-5-10(11)12/h3-6,11,15H,2,7-9H2,1H3. The Bertz CT molecular complexity index is 555. The monoisotopic (exact) mass is 275 g/mol. The van der Waals surface area contributed by atoms with Crippen LogP contribution in [0.15, 0.2) is 24.3 Å². The van der Waals surface area contributed by atoms with Crippen molar-refractivity contribution in [3.63, 3.8) is 0 Å². The average molecular weight is 275 g/mol. The van der Waals surface area contributed by atoms with Crippen LogP contribution in [0.3, 0.4) is 0 Å². The van der Waals surface area contributed by atoms with Crippen molar-refractivity contribution in [1.82, 2.24) is 15.5 Å². The molecule has 0 radical (unpaired) electrons. The minimum atomic E-state index is 0.251. The first kappa shape index (κ1) is 12.6. The first-order chi connectivity index (χ1) is 9.38. The minimum Gasteiger partial charge on any atom is -0.492 e. The summed E-state index contributed by atoms with van der Waals surface area (Å²) in [5.74, 6) is 1.23. The second kappa shape index (κ2) is 5.67. The van der Waals surface area contributed by atoms with Crippen molar-refractivity contribution in [2.45, 2.75) is 19.3 Å². The number of nitrogens with zero attached hydrogens (tertiary/aromatic N) is 2. The number of hydrogen-bond donors (Lipinski definition) is 1. The molecule has 1 aromatic heterocycles. The van der Waals surface area contributed by atoms with E-state index in [1.165, 1.54) is 5.56 Å². The second-order valence-corrected chi connectivity index (χ2v) is 5.63. The summed E-state index contributed by atoms with van der Waals surface area (Å²) in [5, 5.41) is 14.1. The van der Waals surface area contributed by atoms with Gasteiger partial charge in [0.1, 0.15) is 22.4 Å². The molecule has 2 aromatic rings. The van der Waals surface area contributed by atoms with E-state index in [-0.39, 0.29) is 5.92 Å². The molecule has 19 heavy (non-hydrogen) atoms. The summed E-state index contributed by atoms with van der Waals surface area (Å²) in [5.41, 5.74) is 1.23. The third-order valence-electron chi connectivity index (χ3n) is 3.25. The number of benzene rings is 1. The van der Waals surface area contributed by atoms with E-state index in [0.717, 1.165) is 35.3 Å². The fourth-order valence-electron chi connectivity index (χ4n) is 2.25. The van der Waals surface area contributed by atoms with Gasteiger partial charge in [0.15, 0.2) is 0 Å². The Morgan fingerprint density at radius 3 is 3.16 bits per heavy atom. The third-order valence-corrected chi connectivity index (χ3v) is 4.34. The van der Waals surface area contributed by atoms with Gasteiger partial charge >= 0.3 is 0 Å². The van der Waals surface area contributed by atoms with E-state index in [2.05, 4.69) is 28.5 Å². The molecule has 2 heterocycles. The molecule has 1 unspecified atom stereocenters. The SMILES string of the molecule is CCNCCc1nnc(C2COc3ccccc32)s1. The Balaban J connectivity index is 1.74. The molecule has 1 atom stereocenters. The molecular formula is C14H17N3OS. The van der Waals surface area contributed by atoms with Crippen LogP contribution in [0.4, 0.5) is 0 Å². The smallest absolute Gasteiger partial charge is 0.128 e. The van der Waals surface area contributed by atoms with Crippen molar-refractivity contribution in [3.8, 4) is 5.75 Å². The van der Waals surface area contributed by atoms with Crippen molar-refractivity contribution in [2.75, 3.05) is 19.7 Å². The predicted molar refractivity (Wildman–Crippen MR) is 75.9 cm³/mol. The van der Waals surface area contributed by atoms with Crippen molar-refractivity contribution < 1.29 is 4.74 Å². The van der Waals surface area contributed by atoms with Crippen LogP contribution in [0.1, 0.15) is 28.4 Å². The third kappa shape index (κ3) is 2.62. The van der Waals surface area contributed by atoms with Gasteiger partial charge in [-0.1, -0.05) is 25.1 Å². The van der Waals surface area contributed by atoms with Gasteiger partial charge in [-0.2, -0.15) is 0 Å². The highest BCUT2D eigenvalue weighted by atomic mass is 32.1. The highest BCUT2D eigenvalue weighted by Crippen LogP contribution is 2.38. The zero-order valence-corrected chi connectivity index (χ0v) is 11.7. The normalized spacial score (nSPS) is 17.2. The molecule has 1 aromatic carbocycles. The number of rotatable bonds is 5. The summed E-state index contributed by atoms with van der Waals surface area (Å²) in [6.45, 7) is 4.75. The molecule has 0 amide bonds. The Labute approximate surface area is 116 Å². The van der Waals surface area contributed by atoms with Gasteiger partial charge in [0.05, 0.1) is 5.92 Å². The lowest BCUT2D eigenvalue weighted by molar-refractivity contribution is 0.342. The topological polar surface area (TPSA) is 47.0 Å². The van der Waals surface area contributed by atoms with Gasteiger partial charge in [-0.3, -0.25) is 0 Å². The van der Waals surface area contributed by atoms with Crippen LogP contribution in [0.2, 0.25) is 0 Å². The molecule has 1 N–H and O–H groups in total. The van der Waals surface area contributed by atoms with E-state index in [9.17, 15) is 0 Å². The lowest BCUT2D eigenvalue weighted by atomic mass is 10.0. The van der Waals surface area contributed by atoms with Crippen LogP contribution in [-0.4, -0.2) is 29.9 Å². The van der Waals surface area contributed by atoms with Gasteiger partial charge in [0.2, 0.25) is 0 Å². The molecule has 1 aliphatic heterocycles. The Kier molecular flexibility index (Phi) is 3.75. The number of ether oxygens (including phenoxy) is 1. The van der Waals surface area contributed by atoms with Crippen LogP contribution >= 0.6 is 11.3 Å². The lowest BCUT2D eigenvalue weighted by Gasteiger charge is -2.02. The molecule has 0 saturated heterocycles. The number of fused-ring (bicyclic) bond motifs is 1. The zero-order chi connectivity index (χ0) is 13.1. The molecule has 0 aliphatic carbocycles. The molecular weight excluding hydrogens is 258 g/mol. The Morgan fingerprint density at radius 1 is 1.37 bits per heavy atom. The summed E-state index contributed by atoms with van der Waals surface area (Å²) in [6.07, 6.45) is 0.945. The molecule has 100 valence electrons. The summed E-state index contributed by atoms with van der Waals surface area (Å²) in [7, 11) is 0. The fraction of sp³-hybridized carbons (Fsp3) is 0.429. The van der Waals surface area contributed by atoms with Gasteiger partial charge in [-0.25, -0.2) is 0 Å². The van der Waals surface area contributed by atoms with Crippen molar-refractivity contribution in [3.05, 3.63) is 39.8 Å². The maximum absolute atomic E-state index is 5.70. The van der Waals surface area contributed by atoms with E-state index >= 15 is 0 Å². The van der Waals surface area contributed by atoms with E-state index < -0.39 is 0 Å².